The molecule has 0 aliphatic rings. The van der Waals surface area contributed by atoms with Crippen molar-refractivity contribution >= 4 is 35.0 Å². The lowest BCUT2D eigenvalue weighted by atomic mass is 10.2. The minimum atomic E-state index is -0.348. The second kappa shape index (κ2) is 7.36. The molecule has 0 saturated heterocycles. The first-order chi connectivity index (χ1) is 8.99. The molecule has 0 heterocycles. The highest BCUT2D eigenvalue weighted by atomic mass is 35.5. The van der Waals surface area contributed by atoms with E-state index in [0.29, 0.717) is 28.7 Å². The first-order valence-electron chi connectivity index (χ1n) is 6.00. The van der Waals surface area contributed by atoms with Gasteiger partial charge in [-0.1, -0.05) is 23.2 Å². The molecule has 104 valence electrons. The topological polar surface area (TPSA) is 49.4 Å². The predicted molar refractivity (Wildman–Crippen MR) is 76.7 cm³/mol. The minimum absolute atomic E-state index is 0.0270. The van der Waals surface area contributed by atoms with Gasteiger partial charge in [0.25, 0.3) is 5.91 Å². The summed E-state index contributed by atoms with van der Waals surface area (Å²) in [6.07, 6.45) is 0. The highest BCUT2D eigenvalue weighted by Crippen LogP contribution is 2.22. The molecular weight excluding hydrogens is 287 g/mol. The van der Waals surface area contributed by atoms with E-state index in [1.54, 1.807) is 17.0 Å². The molecule has 1 aromatic rings. The maximum Gasteiger partial charge on any atom is 0.251 e. The van der Waals surface area contributed by atoms with Gasteiger partial charge >= 0.3 is 0 Å². The van der Waals surface area contributed by atoms with Crippen LogP contribution in [0, 0.1) is 0 Å². The number of hydrogen-bond acceptors (Lipinski definition) is 2. The van der Waals surface area contributed by atoms with E-state index < -0.39 is 0 Å². The molecule has 0 unspecified atom stereocenters. The Kier molecular flexibility index (Phi) is 6.12. The highest BCUT2D eigenvalue weighted by Gasteiger charge is 2.12. The third kappa shape index (κ3) is 4.40. The first-order valence-corrected chi connectivity index (χ1v) is 6.76. The summed E-state index contributed by atoms with van der Waals surface area (Å²) in [5, 5.41) is 3.26. The summed E-state index contributed by atoms with van der Waals surface area (Å²) in [7, 11) is 0. The number of benzene rings is 1. The Bertz CT molecular complexity index is 474. The van der Waals surface area contributed by atoms with Crippen LogP contribution in [-0.4, -0.2) is 36.3 Å². The van der Waals surface area contributed by atoms with Crippen molar-refractivity contribution < 1.29 is 9.59 Å². The lowest BCUT2D eigenvalue weighted by Gasteiger charge is -2.18. The SMILES string of the molecule is CCN(CC)C(=O)CNC(=O)c1ccc(Cl)c(Cl)c1. The number of rotatable bonds is 5. The summed E-state index contributed by atoms with van der Waals surface area (Å²) < 4.78 is 0. The van der Waals surface area contributed by atoms with Crippen LogP contribution in [0.1, 0.15) is 24.2 Å². The molecular formula is C13H16Cl2N2O2. The van der Waals surface area contributed by atoms with Gasteiger partial charge in [0.05, 0.1) is 16.6 Å². The average Bonchev–Trinajstić information content (AvgIpc) is 2.40. The van der Waals surface area contributed by atoms with Gasteiger partial charge in [0, 0.05) is 18.7 Å². The monoisotopic (exact) mass is 302 g/mol. The highest BCUT2D eigenvalue weighted by molar-refractivity contribution is 6.42. The van der Waals surface area contributed by atoms with Gasteiger partial charge in [0.15, 0.2) is 0 Å². The third-order valence-electron chi connectivity index (χ3n) is 2.70. The average molecular weight is 303 g/mol. The standard InChI is InChI=1S/C13H16Cl2N2O2/c1-3-17(4-2)12(18)8-16-13(19)9-5-6-10(14)11(15)7-9/h5-7H,3-4,8H2,1-2H3,(H,16,19). The number of nitrogens with one attached hydrogen (secondary N) is 1. The fourth-order valence-electron chi connectivity index (χ4n) is 1.58. The molecule has 0 atom stereocenters. The summed E-state index contributed by atoms with van der Waals surface area (Å²) >= 11 is 11.6. The molecule has 1 aromatic carbocycles. The molecule has 6 heteroatoms. The number of hydrogen-bond donors (Lipinski definition) is 1. The summed E-state index contributed by atoms with van der Waals surface area (Å²) in [6.45, 7) is 5.00. The number of halogens is 2. The van der Waals surface area contributed by atoms with Crippen LogP contribution < -0.4 is 5.32 Å². The molecule has 0 fully saturated rings. The Balaban J connectivity index is 2.60. The third-order valence-corrected chi connectivity index (χ3v) is 3.44. The molecule has 0 aliphatic heterocycles. The number of nitrogens with zero attached hydrogens (tertiary/aromatic N) is 1. The maximum absolute atomic E-state index is 11.8. The quantitative estimate of drug-likeness (QED) is 0.909. The Morgan fingerprint density at radius 3 is 2.32 bits per heavy atom. The largest absolute Gasteiger partial charge is 0.343 e. The van der Waals surface area contributed by atoms with Crippen molar-refractivity contribution in [2.24, 2.45) is 0 Å². The van der Waals surface area contributed by atoms with Crippen molar-refractivity contribution in [2.45, 2.75) is 13.8 Å². The van der Waals surface area contributed by atoms with Crippen molar-refractivity contribution in [1.82, 2.24) is 10.2 Å². The van der Waals surface area contributed by atoms with Crippen molar-refractivity contribution in [3.8, 4) is 0 Å². The Hall–Kier alpha value is -1.26. The van der Waals surface area contributed by atoms with Crippen LogP contribution in [0.5, 0.6) is 0 Å². The molecule has 0 aromatic heterocycles. The van der Waals surface area contributed by atoms with Gasteiger partial charge in [-0.25, -0.2) is 0 Å². The first kappa shape index (κ1) is 15.8. The Labute approximate surface area is 122 Å². The van der Waals surface area contributed by atoms with Crippen molar-refractivity contribution in [3.63, 3.8) is 0 Å². The van der Waals surface area contributed by atoms with Gasteiger partial charge in [0.1, 0.15) is 0 Å². The van der Waals surface area contributed by atoms with Crippen LogP contribution in [0.15, 0.2) is 18.2 Å². The van der Waals surface area contributed by atoms with E-state index >= 15 is 0 Å². The maximum atomic E-state index is 11.8. The van der Waals surface area contributed by atoms with Gasteiger partial charge in [-0.3, -0.25) is 9.59 Å². The Morgan fingerprint density at radius 1 is 1.16 bits per heavy atom. The van der Waals surface area contributed by atoms with Crippen molar-refractivity contribution in [3.05, 3.63) is 33.8 Å². The normalized spacial score (nSPS) is 10.1. The molecule has 4 nitrogen and oxygen atoms in total. The van der Waals surface area contributed by atoms with Gasteiger partial charge in [-0.2, -0.15) is 0 Å². The fraction of sp³-hybridized carbons (Fsp3) is 0.385. The van der Waals surface area contributed by atoms with E-state index in [1.807, 2.05) is 13.8 Å². The smallest absolute Gasteiger partial charge is 0.251 e. The van der Waals surface area contributed by atoms with Crippen molar-refractivity contribution in [1.29, 1.82) is 0 Å². The van der Waals surface area contributed by atoms with Gasteiger partial charge < -0.3 is 10.2 Å². The summed E-state index contributed by atoms with van der Waals surface area (Å²) in [4.78, 5) is 25.2. The van der Waals surface area contributed by atoms with Gasteiger partial charge in [0.2, 0.25) is 5.91 Å². The molecule has 0 bridgehead atoms. The molecule has 1 N–H and O–H groups in total. The van der Waals surface area contributed by atoms with Crippen LogP contribution in [0.3, 0.4) is 0 Å². The van der Waals surface area contributed by atoms with Crippen LogP contribution in [0.2, 0.25) is 10.0 Å². The number of amides is 2. The number of carbonyl (C=O) groups is 2. The van der Waals surface area contributed by atoms with Crippen LogP contribution in [0.4, 0.5) is 0 Å². The van der Waals surface area contributed by atoms with E-state index in [0.717, 1.165) is 0 Å². The molecule has 1 rings (SSSR count). The second-order valence-electron chi connectivity index (χ2n) is 3.88. The zero-order chi connectivity index (χ0) is 14.4. The van der Waals surface area contributed by atoms with Gasteiger partial charge in [-0.15, -0.1) is 0 Å². The molecule has 0 aliphatic carbocycles. The van der Waals surface area contributed by atoms with E-state index in [9.17, 15) is 9.59 Å². The summed E-state index contributed by atoms with van der Waals surface area (Å²) in [6, 6.07) is 4.58. The zero-order valence-corrected chi connectivity index (χ0v) is 12.4. The van der Waals surface area contributed by atoms with Gasteiger partial charge in [-0.05, 0) is 32.0 Å². The number of likely N-dealkylation sites (N-methyl/N-ethyl adjacent to an activating group) is 1. The van der Waals surface area contributed by atoms with Crippen LogP contribution in [-0.2, 0) is 4.79 Å². The fourth-order valence-corrected chi connectivity index (χ4v) is 1.88. The van der Waals surface area contributed by atoms with E-state index in [2.05, 4.69) is 5.32 Å². The Morgan fingerprint density at radius 2 is 1.79 bits per heavy atom. The van der Waals surface area contributed by atoms with Crippen LogP contribution in [0.25, 0.3) is 0 Å². The summed E-state index contributed by atoms with van der Waals surface area (Å²) in [5.74, 6) is -0.461. The van der Waals surface area contributed by atoms with E-state index in [1.165, 1.54) is 6.07 Å². The lowest BCUT2D eigenvalue weighted by Crippen LogP contribution is -2.39. The molecule has 0 spiro atoms. The minimum Gasteiger partial charge on any atom is -0.343 e. The lowest BCUT2D eigenvalue weighted by molar-refractivity contribution is -0.129. The van der Waals surface area contributed by atoms with Crippen LogP contribution >= 0.6 is 23.2 Å². The van der Waals surface area contributed by atoms with E-state index in [4.69, 9.17) is 23.2 Å². The zero-order valence-electron chi connectivity index (χ0n) is 10.9. The second-order valence-corrected chi connectivity index (χ2v) is 4.69. The van der Waals surface area contributed by atoms with E-state index in [-0.39, 0.29) is 18.4 Å². The number of carbonyl (C=O) groups excluding carboxylic acids is 2. The molecule has 19 heavy (non-hydrogen) atoms. The van der Waals surface area contributed by atoms with Crippen molar-refractivity contribution in [2.75, 3.05) is 19.6 Å². The molecule has 2 amide bonds. The predicted octanol–water partition coefficient (Wildman–Crippen LogP) is 2.59. The summed E-state index contributed by atoms with van der Waals surface area (Å²) in [5.41, 5.74) is 0.377. The molecule has 0 radical (unpaired) electrons. The molecule has 0 saturated carbocycles.